The molecular formula is C20H18ClO2P. The molecule has 1 heterocycles. The van der Waals surface area contributed by atoms with E-state index >= 15 is 0 Å². The van der Waals surface area contributed by atoms with Crippen molar-refractivity contribution in [3.8, 4) is 0 Å². The van der Waals surface area contributed by atoms with Crippen LogP contribution in [-0.2, 0) is 12.8 Å². The third-order valence-corrected chi connectivity index (χ3v) is 6.48. The van der Waals surface area contributed by atoms with Gasteiger partial charge < -0.3 is 8.39 Å². The Bertz CT molecular complexity index is 1100. The average Bonchev–Trinajstić information content (AvgIpc) is 2.77. The van der Waals surface area contributed by atoms with Gasteiger partial charge in [0.2, 0.25) is 0 Å². The highest BCUT2D eigenvalue weighted by molar-refractivity contribution is 7.68. The first-order chi connectivity index (χ1) is 11.8. The predicted molar refractivity (Wildman–Crippen MR) is 98.3 cm³/mol. The van der Waals surface area contributed by atoms with Crippen molar-refractivity contribution in [2.75, 3.05) is 0 Å². The maximum atomic E-state index is 6.33. The van der Waals surface area contributed by atoms with Crippen LogP contribution in [0.3, 0.4) is 0 Å². The van der Waals surface area contributed by atoms with E-state index in [1.165, 1.54) is 58.6 Å². The molecule has 3 aliphatic rings. The monoisotopic (exact) mass is 356 g/mol. The van der Waals surface area contributed by atoms with Gasteiger partial charge in [-0.25, -0.2) is 0 Å². The SMILES string of the molecule is Clp1oc2c(c3c4c(ccc3o1)CCCC4)=C1CCCCC1=C=C=2. The number of benzene rings is 1. The molecule has 1 atom stereocenters. The summed E-state index contributed by atoms with van der Waals surface area (Å²) in [6, 6.07) is 4.30. The topological polar surface area (TPSA) is 26.3 Å². The molecule has 0 spiro atoms. The van der Waals surface area contributed by atoms with Crippen LogP contribution in [0.25, 0.3) is 22.3 Å². The largest absolute Gasteiger partial charge is 0.408 e. The lowest BCUT2D eigenvalue weighted by Gasteiger charge is -2.20. The molecule has 0 radical (unpaired) electrons. The second-order valence-corrected chi connectivity index (χ2v) is 8.42. The Labute approximate surface area is 146 Å². The fourth-order valence-corrected chi connectivity index (χ4v) is 5.36. The van der Waals surface area contributed by atoms with Gasteiger partial charge in [0.1, 0.15) is 5.58 Å². The molecule has 122 valence electrons. The van der Waals surface area contributed by atoms with Crippen LogP contribution in [0, 0.1) is 0 Å². The van der Waals surface area contributed by atoms with E-state index in [4.69, 9.17) is 19.6 Å². The van der Waals surface area contributed by atoms with Crippen molar-refractivity contribution in [1.82, 2.24) is 0 Å². The van der Waals surface area contributed by atoms with Crippen LogP contribution in [0.2, 0.25) is 0 Å². The van der Waals surface area contributed by atoms with Crippen LogP contribution in [0.5, 0.6) is 0 Å². The van der Waals surface area contributed by atoms with Crippen LogP contribution < -0.4 is 10.6 Å². The Hall–Kier alpha value is -1.55. The molecule has 1 unspecified atom stereocenters. The molecular weight excluding hydrogens is 339 g/mol. The van der Waals surface area contributed by atoms with E-state index in [1.807, 2.05) is 0 Å². The minimum atomic E-state index is -1.50. The van der Waals surface area contributed by atoms with E-state index in [9.17, 15) is 0 Å². The van der Waals surface area contributed by atoms with Gasteiger partial charge in [-0.05, 0) is 79.9 Å². The predicted octanol–water partition coefficient (Wildman–Crippen LogP) is 5.22. The third-order valence-electron chi connectivity index (χ3n) is 5.40. The molecule has 0 amide bonds. The Kier molecular flexibility index (Phi) is 3.55. The van der Waals surface area contributed by atoms with E-state index in [1.54, 1.807) is 0 Å². The maximum Gasteiger partial charge on any atom is 0.327 e. The van der Waals surface area contributed by atoms with Crippen molar-refractivity contribution in [1.29, 1.82) is 0 Å². The van der Waals surface area contributed by atoms with Crippen molar-refractivity contribution in [3.05, 3.63) is 45.2 Å². The molecule has 1 saturated carbocycles. The molecule has 0 saturated heterocycles. The molecule has 5 rings (SSSR count). The fraction of sp³-hybridized carbons (Fsp3) is 0.400. The van der Waals surface area contributed by atoms with Crippen LogP contribution in [-0.4, -0.2) is 0 Å². The van der Waals surface area contributed by atoms with Crippen molar-refractivity contribution >= 4 is 40.9 Å². The lowest BCUT2D eigenvalue weighted by molar-refractivity contribution is 0.592. The average molecular weight is 357 g/mol. The van der Waals surface area contributed by atoms with Crippen molar-refractivity contribution in [2.45, 2.75) is 51.4 Å². The number of allylic oxidation sites excluding steroid dienone is 1. The van der Waals surface area contributed by atoms with Gasteiger partial charge in [0.15, 0.2) is 5.42 Å². The number of hydrogen-bond donors (Lipinski definition) is 0. The van der Waals surface area contributed by atoms with Gasteiger partial charge in [-0.3, -0.25) is 0 Å². The molecule has 0 aliphatic heterocycles. The molecule has 1 fully saturated rings. The number of hydrogen-bond acceptors (Lipinski definition) is 2. The molecule has 2 nitrogen and oxygen atoms in total. The normalized spacial score (nSPS) is 19.1. The molecule has 0 bridgehead atoms. The number of rotatable bonds is 0. The summed E-state index contributed by atoms with van der Waals surface area (Å²) in [6.45, 7) is 0. The minimum Gasteiger partial charge on any atom is -0.408 e. The summed E-state index contributed by atoms with van der Waals surface area (Å²) in [7, 11) is -1.50. The summed E-state index contributed by atoms with van der Waals surface area (Å²) in [5.74, 6) is 0. The number of aryl methyl sites for hydroxylation is 2. The molecule has 1 aromatic carbocycles. The maximum absolute atomic E-state index is 6.33. The summed E-state index contributed by atoms with van der Waals surface area (Å²) in [4.78, 5) is 0. The fourth-order valence-electron chi connectivity index (χ4n) is 4.31. The zero-order valence-corrected chi connectivity index (χ0v) is 15.1. The van der Waals surface area contributed by atoms with Crippen LogP contribution >= 0.6 is 18.6 Å². The molecule has 1 aromatic heterocycles. The molecule has 2 aromatic rings. The van der Waals surface area contributed by atoms with E-state index < -0.39 is 7.37 Å². The van der Waals surface area contributed by atoms with E-state index in [0.29, 0.717) is 0 Å². The Morgan fingerprint density at radius 1 is 0.917 bits per heavy atom. The van der Waals surface area contributed by atoms with Crippen molar-refractivity contribution < 1.29 is 8.39 Å². The van der Waals surface area contributed by atoms with E-state index in [-0.39, 0.29) is 0 Å². The highest BCUT2D eigenvalue weighted by Crippen LogP contribution is 2.35. The standard InChI is InChI=1S/C20H18ClO2P/c21-24-22-17-11-9-13-5-1-3-7-15(13)19(17)20-16-8-4-2-6-14(16)10-12-18(20)23-24/h9,11H,1-8H2. The summed E-state index contributed by atoms with van der Waals surface area (Å²) in [6.07, 6.45) is 9.38. The van der Waals surface area contributed by atoms with Gasteiger partial charge >= 0.3 is 7.37 Å². The van der Waals surface area contributed by atoms with Crippen molar-refractivity contribution in [3.63, 3.8) is 0 Å². The van der Waals surface area contributed by atoms with Crippen molar-refractivity contribution in [2.24, 2.45) is 0 Å². The second-order valence-electron chi connectivity index (χ2n) is 6.80. The summed E-state index contributed by atoms with van der Waals surface area (Å²) in [5, 5.41) is 2.40. The highest BCUT2D eigenvalue weighted by Gasteiger charge is 2.20. The molecule has 4 heteroatoms. The lowest BCUT2D eigenvalue weighted by Crippen LogP contribution is -2.29. The zero-order chi connectivity index (χ0) is 16.1. The quantitative estimate of drug-likeness (QED) is 0.605. The van der Waals surface area contributed by atoms with Gasteiger partial charge in [0, 0.05) is 27.4 Å². The van der Waals surface area contributed by atoms with Gasteiger partial charge in [0.25, 0.3) is 0 Å². The summed E-state index contributed by atoms with van der Waals surface area (Å²) in [5.41, 5.74) is 13.7. The highest BCUT2D eigenvalue weighted by atomic mass is 35.7. The van der Waals surface area contributed by atoms with Gasteiger partial charge in [-0.1, -0.05) is 11.8 Å². The summed E-state index contributed by atoms with van der Waals surface area (Å²) < 4.78 is 11.9. The Morgan fingerprint density at radius 3 is 2.71 bits per heavy atom. The van der Waals surface area contributed by atoms with Gasteiger partial charge in [-0.15, -0.1) is 0 Å². The number of fused-ring (bicyclic) bond motifs is 6. The van der Waals surface area contributed by atoms with E-state index in [2.05, 4.69) is 23.6 Å². The molecule has 24 heavy (non-hydrogen) atoms. The molecule has 0 N–H and O–H groups in total. The first-order valence-electron chi connectivity index (χ1n) is 8.77. The molecule has 3 aliphatic carbocycles. The zero-order valence-electron chi connectivity index (χ0n) is 13.5. The van der Waals surface area contributed by atoms with Crippen LogP contribution in [0.4, 0.5) is 0 Å². The van der Waals surface area contributed by atoms with E-state index in [0.717, 1.165) is 36.7 Å². The lowest BCUT2D eigenvalue weighted by atomic mass is 9.84. The third kappa shape index (κ3) is 2.26. The first kappa shape index (κ1) is 14.8. The van der Waals surface area contributed by atoms with Gasteiger partial charge in [-0.2, -0.15) is 0 Å². The van der Waals surface area contributed by atoms with Gasteiger partial charge in [0.05, 0.1) is 0 Å². The number of halogens is 1. The summed E-state index contributed by atoms with van der Waals surface area (Å²) >= 11 is 6.33. The Morgan fingerprint density at radius 2 is 1.75 bits per heavy atom. The van der Waals surface area contributed by atoms with Crippen LogP contribution in [0.1, 0.15) is 49.7 Å². The first-order valence-corrected chi connectivity index (χ1v) is 10.8. The van der Waals surface area contributed by atoms with Crippen LogP contribution in [0.15, 0.2) is 31.8 Å². The Balaban J connectivity index is 2.07. The minimum absolute atomic E-state index is 0.731. The smallest absolute Gasteiger partial charge is 0.327 e. The second kappa shape index (κ2) is 5.76.